The molecule has 0 spiro atoms. The molecule has 2 aromatic heterocycles. The van der Waals surface area contributed by atoms with Crippen LogP contribution >= 0.6 is 0 Å². The van der Waals surface area contributed by atoms with Crippen molar-refractivity contribution in [2.24, 2.45) is 11.8 Å². The van der Waals surface area contributed by atoms with Gasteiger partial charge >= 0.3 is 0 Å². The SMILES string of the molecule is C[C@@H]1C[C@H]1C(=O)N1CCN(c2ncnc3c2oc2ccccc23)CC1. The number of furan rings is 1. The summed E-state index contributed by atoms with van der Waals surface area (Å²) in [6.45, 7) is 5.19. The Morgan fingerprint density at radius 2 is 1.92 bits per heavy atom. The molecule has 128 valence electrons. The van der Waals surface area contributed by atoms with Crippen LogP contribution in [0.1, 0.15) is 13.3 Å². The predicted molar refractivity (Wildman–Crippen MR) is 95.4 cm³/mol. The zero-order valence-electron chi connectivity index (χ0n) is 14.2. The van der Waals surface area contributed by atoms with Crippen LogP contribution in [-0.4, -0.2) is 47.0 Å². The summed E-state index contributed by atoms with van der Waals surface area (Å²) in [6.07, 6.45) is 2.65. The zero-order chi connectivity index (χ0) is 17.0. The van der Waals surface area contributed by atoms with Crippen LogP contribution in [-0.2, 0) is 4.79 Å². The minimum Gasteiger partial charge on any atom is -0.450 e. The van der Waals surface area contributed by atoms with Crippen LogP contribution in [0.3, 0.4) is 0 Å². The van der Waals surface area contributed by atoms with Gasteiger partial charge in [0.05, 0.1) is 0 Å². The Labute approximate surface area is 145 Å². The molecule has 0 N–H and O–H groups in total. The number of amides is 1. The third kappa shape index (κ3) is 2.35. The van der Waals surface area contributed by atoms with E-state index in [9.17, 15) is 4.79 Å². The lowest BCUT2D eigenvalue weighted by molar-refractivity contribution is -0.133. The number of nitrogens with zero attached hydrogens (tertiary/aromatic N) is 4. The van der Waals surface area contributed by atoms with Crippen molar-refractivity contribution in [2.45, 2.75) is 13.3 Å². The molecule has 5 rings (SSSR count). The molecule has 1 aliphatic heterocycles. The maximum Gasteiger partial charge on any atom is 0.226 e. The third-order valence-corrected chi connectivity index (χ3v) is 5.46. The second kappa shape index (κ2) is 5.44. The molecule has 25 heavy (non-hydrogen) atoms. The van der Waals surface area contributed by atoms with Crippen molar-refractivity contribution in [3.8, 4) is 0 Å². The van der Waals surface area contributed by atoms with E-state index in [0.29, 0.717) is 11.8 Å². The van der Waals surface area contributed by atoms with Gasteiger partial charge in [0.15, 0.2) is 11.4 Å². The van der Waals surface area contributed by atoms with Gasteiger partial charge in [0.25, 0.3) is 0 Å². The number of carbonyl (C=O) groups excluding carboxylic acids is 1. The normalized spacial score (nSPS) is 23.4. The number of benzene rings is 1. The highest BCUT2D eigenvalue weighted by Gasteiger charge is 2.42. The Morgan fingerprint density at radius 1 is 1.16 bits per heavy atom. The Bertz CT molecular complexity index is 958. The van der Waals surface area contributed by atoms with E-state index in [-0.39, 0.29) is 5.92 Å². The van der Waals surface area contributed by atoms with Gasteiger partial charge in [0.2, 0.25) is 5.91 Å². The molecule has 1 saturated heterocycles. The molecule has 3 aromatic rings. The van der Waals surface area contributed by atoms with Gasteiger partial charge in [0.1, 0.15) is 17.4 Å². The Kier molecular flexibility index (Phi) is 3.20. The van der Waals surface area contributed by atoms with E-state index < -0.39 is 0 Å². The molecule has 0 radical (unpaired) electrons. The molecule has 1 aliphatic carbocycles. The topological polar surface area (TPSA) is 62.5 Å². The fourth-order valence-electron chi connectivity index (χ4n) is 3.78. The average Bonchev–Trinajstić information content (AvgIpc) is 3.26. The highest BCUT2D eigenvalue weighted by molar-refractivity contribution is 6.05. The fourth-order valence-corrected chi connectivity index (χ4v) is 3.78. The van der Waals surface area contributed by atoms with Gasteiger partial charge in [-0.3, -0.25) is 4.79 Å². The minimum absolute atomic E-state index is 0.257. The summed E-state index contributed by atoms with van der Waals surface area (Å²) in [7, 11) is 0. The van der Waals surface area contributed by atoms with Crippen molar-refractivity contribution in [2.75, 3.05) is 31.1 Å². The molecule has 0 unspecified atom stereocenters. The largest absolute Gasteiger partial charge is 0.450 e. The Balaban J connectivity index is 1.42. The van der Waals surface area contributed by atoms with Gasteiger partial charge in [-0.25, -0.2) is 9.97 Å². The molecule has 6 heteroatoms. The number of aromatic nitrogens is 2. The van der Waals surface area contributed by atoms with E-state index >= 15 is 0 Å². The Morgan fingerprint density at radius 3 is 2.68 bits per heavy atom. The maximum atomic E-state index is 12.4. The van der Waals surface area contributed by atoms with E-state index in [2.05, 4.69) is 21.8 Å². The molecule has 6 nitrogen and oxygen atoms in total. The van der Waals surface area contributed by atoms with Crippen molar-refractivity contribution in [3.63, 3.8) is 0 Å². The first-order chi connectivity index (χ1) is 12.2. The van der Waals surface area contributed by atoms with E-state index in [1.165, 1.54) is 0 Å². The van der Waals surface area contributed by atoms with Crippen LogP contribution in [0.25, 0.3) is 22.1 Å². The van der Waals surface area contributed by atoms with Gasteiger partial charge in [0, 0.05) is 37.5 Å². The molecular weight excluding hydrogens is 316 g/mol. The summed E-state index contributed by atoms with van der Waals surface area (Å²) >= 11 is 0. The van der Waals surface area contributed by atoms with E-state index in [0.717, 1.165) is 60.5 Å². The van der Waals surface area contributed by atoms with E-state index in [1.807, 2.05) is 29.2 Å². The van der Waals surface area contributed by atoms with Crippen molar-refractivity contribution in [1.82, 2.24) is 14.9 Å². The number of rotatable bonds is 2. The standard InChI is InChI=1S/C19H20N4O2/c1-12-10-14(12)19(24)23-8-6-22(7-9-23)18-17-16(20-11-21-18)13-4-2-3-5-15(13)25-17/h2-5,11-12,14H,6-10H2,1H3/t12-,14-/m1/s1. The lowest BCUT2D eigenvalue weighted by atomic mass is 10.2. The Hall–Kier alpha value is -2.63. The zero-order valence-corrected chi connectivity index (χ0v) is 14.2. The second-order valence-electron chi connectivity index (χ2n) is 7.11. The minimum atomic E-state index is 0.257. The third-order valence-electron chi connectivity index (χ3n) is 5.46. The number of fused-ring (bicyclic) bond motifs is 3. The van der Waals surface area contributed by atoms with Gasteiger partial charge in [-0.15, -0.1) is 0 Å². The van der Waals surface area contributed by atoms with Crippen molar-refractivity contribution >= 4 is 33.8 Å². The molecule has 1 amide bonds. The molecule has 1 aromatic carbocycles. The maximum absolute atomic E-state index is 12.4. The number of hydrogen-bond donors (Lipinski definition) is 0. The van der Waals surface area contributed by atoms with Crippen LogP contribution in [0.5, 0.6) is 0 Å². The van der Waals surface area contributed by atoms with E-state index in [1.54, 1.807) is 6.33 Å². The average molecular weight is 336 g/mol. The van der Waals surface area contributed by atoms with Gasteiger partial charge in [-0.05, 0) is 24.5 Å². The number of carbonyl (C=O) groups is 1. The summed E-state index contributed by atoms with van der Waals surface area (Å²) < 4.78 is 6.03. The van der Waals surface area contributed by atoms with Gasteiger partial charge < -0.3 is 14.2 Å². The van der Waals surface area contributed by atoms with Gasteiger partial charge in [-0.1, -0.05) is 19.1 Å². The first kappa shape index (κ1) is 14.7. The van der Waals surface area contributed by atoms with Crippen molar-refractivity contribution in [1.29, 1.82) is 0 Å². The number of hydrogen-bond acceptors (Lipinski definition) is 5. The first-order valence-electron chi connectivity index (χ1n) is 8.88. The van der Waals surface area contributed by atoms with Crippen LogP contribution in [0.2, 0.25) is 0 Å². The number of piperazine rings is 1. The summed E-state index contributed by atoms with van der Waals surface area (Å²) in [5.41, 5.74) is 2.42. The quantitative estimate of drug-likeness (QED) is 0.720. The number of para-hydroxylation sites is 1. The molecule has 2 aliphatic rings. The summed E-state index contributed by atoms with van der Waals surface area (Å²) in [6, 6.07) is 7.92. The van der Waals surface area contributed by atoms with Crippen LogP contribution < -0.4 is 4.90 Å². The van der Waals surface area contributed by atoms with Crippen LogP contribution in [0, 0.1) is 11.8 Å². The molecule has 2 atom stereocenters. The molecular formula is C19H20N4O2. The van der Waals surface area contributed by atoms with Gasteiger partial charge in [-0.2, -0.15) is 0 Å². The summed E-state index contributed by atoms with van der Waals surface area (Å²) in [4.78, 5) is 25.5. The monoisotopic (exact) mass is 336 g/mol. The van der Waals surface area contributed by atoms with Crippen LogP contribution in [0.4, 0.5) is 5.82 Å². The van der Waals surface area contributed by atoms with E-state index in [4.69, 9.17) is 4.42 Å². The number of anilines is 1. The molecule has 2 fully saturated rings. The second-order valence-corrected chi connectivity index (χ2v) is 7.11. The highest BCUT2D eigenvalue weighted by Crippen LogP contribution is 2.39. The highest BCUT2D eigenvalue weighted by atomic mass is 16.3. The van der Waals surface area contributed by atoms with Crippen molar-refractivity contribution in [3.05, 3.63) is 30.6 Å². The van der Waals surface area contributed by atoms with Crippen molar-refractivity contribution < 1.29 is 9.21 Å². The first-order valence-corrected chi connectivity index (χ1v) is 8.88. The fraction of sp³-hybridized carbons (Fsp3) is 0.421. The molecule has 1 saturated carbocycles. The molecule has 0 bridgehead atoms. The predicted octanol–water partition coefficient (Wildman–Crippen LogP) is 2.68. The molecule has 3 heterocycles. The lowest BCUT2D eigenvalue weighted by Crippen LogP contribution is -2.49. The summed E-state index contributed by atoms with van der Waals surface area (Å²) in [5, 5.41) is 1.01. The lowest BCUT2D eigenvalue weighted by Gasteiger charge is -2.35. The smallest absolute Gasteiger partial charge is 0.226 e. The van der Waals surface area contributed by atoms with Crippen LogP contribution in [0.15, 0.2) is 35.0 Å². The summed E-state index contributed by atoms with van der Waals surface area (Å²) in [5.74, 6) is 1.96.